The zero-order valence-electron chi connectivity index (χ0n) is 8.46. The highest BCUT2D eigenvalue weighted by Gasteiger charge is 2.51. The van der Waals surface area contributed by atoms with Gasteiger partial charge in [0.2, 0.25) is 0 Å². The third-order valence-electron chi connectivity index (χ3n) is 3.73. The van der Waals surface area contributed by atoms with E-state index in [1.54, 1.807) is 0 Å². The molecule has 0 aromatic heterocycles. The zero-order chi connectivity index (χ0) is 9.64. The highest BCUT2D eigenvalue weighted by molar-refractivity contribution is 5.76. The average molecular weight is 180 g/mol. The fourth-order valence-corrected chi connectivity index (χ4v) is 2.27. The number of hydrogen-bond donors (Lipinski definition) is 0. The van der Waals surface area contributed by atoms with Crippen LogP contribution in [0, 0.1) is 11.3 Å². The molecule has 0 radical (unpaired) electrons. The van der Waals surface area contributed by atoms with Gasteiger partial charge in [0, 0.05) is 5.41 Å². The first-order valence-corrected chi connectivity index (χ1v) is 4.92. The number of rotatable bonds is 0. The Hall–Kier alpha value is -0.790. The van der Waals surface area contributed by atoms with Gasteiger partial charge < -0.3 is 4.74 Å². The number of carbonyl (C=O) groups excluding carboxylic acids is 1. The van der Waals surface area contributed by atoms with Gasteiger partial charge >= 0.3 is 5.97 Å². The van der Waals surface area contributed by atoms with Crippen molar-refractivity contribution in [1.82, 2.24) is 0 Å². The van der Waals surface area contributed by atoms with E-state index in [0.717, 1.165) is 12.8 Å². The molecule has 1 fully saturated rings. The van der Waals surface area contributed by atoms with Crippen LogP contribution < -0.4 is 0 Å². The van der Waals surface area contributed by atoms with E-state index < -0.39 is 0 Å². The minimum atomic E-state index is -0.0292. The summed E-state index contributed by atoms with van der Waals surface area (Å²) in [6.45, 7) is 6.25. The maximum Gasteiger partial charge on any atom is 0.309 e. The number of hydrogen-bond acceptors (Lipinski definition) is 2. The smallest absolute Gasteiger partial charge is 0.309 e. The molecule has 2 aliphatic rings. The summed E-state index contributed by atoms with van der Waals surface area (Å²) in [6.07, 6.45) is 4.33. The van der Waals surface area contributed by atoms with Crippen molar-refractivity contribution in [3.05, 3.63) is 11.6 Å². The predicted molar refractivity (Wildman–Crippen MR) is 50.1 cm³/mol. The summed E-state index contributed by atoms with van der Waals surface area (Å²) >= 11 is 0. The Morgan fingerprint density at radius 2 is 2.31 bits per heavy atom. The molecule has 1 aliphatic heterocycles. The van der Waals surface area contributed by atoms with Crippen LogP contribution in [0.4, 0.5) is 0 Å². The fourth-order valence-electron chi connectivity index (χ4n) is 2.27. The number of fused-ring (bicyclic) bond motifs is 1. The first kappa shape index (κ1) is 8.79. The van der Waals surface area contributed by atoms with Crippen molar-refractivity contribution in [2.45, 2.75) is 39.7 Å². The summed E-state index contributed by atoms with van der Waals surface area (Å²) in [7, 11) is 0. The Morgan fingerprint density at radius 3 is 3.00 bits per heavy atom. The van der Waals surface area contributed by atoms with Crippen molar-refractivity contribution in [1.29, 1.82) is 0 Å². The molecule has 0 N–H and O–H groups in total. The molecule has 1 heterocycles. The van der Waals surface area contributed by atoms with Gasteiger partial charge in [-0.1, -0.05) is 19.4 Å². The Kier molecular flexibility index (Phi) is 1.76. The van der Waals surface area contributed by atoms with Crippen molar-refractivity contribution in [3.63, 3.8) is 0 Å². The van der Waals surface area contributed by atoms with Crippen molar-refractivity contribution < 1.29 is 9.53 Å². The van der Waals surface area contributed by atoms with E-state index in [4.69, 9.17) is 4.74 Å². The molecule has 0 unspecified atom stereocenters. The van der Waals surface area contributed by atoms with Crippen molar-refractivity contribution >= 4 is 5.97 Å². The summed E-state index contributed by atoms with van der Waals surface area (Å²) in [5.41, 5.74) is 1.40. The summed E-state index contributed by atoms with van der Waals surface area (Å²) in [6, 6.07) is 0. The minimum Gasteiger partial charge on any atom is -0.457 e. The van der Waals surface area contributed by atoms with Gasteiger partial charge in [0.05, 0.1) is 5.92 Å². The molecule has 13 heavy (non-hydrogen) atoms. The van der Waals surface area contributed by atoms with Gasteiger partial charge in [0.1, 0.15) is 6.10 Å². The number of esters is 1. The third kappa shape index (κ3) is 1.11. The molecule has 2 nitrogen and oxygen atoms in total. The number of ether oxygens (including phenoxy) is 1. The lowest BCUT2D eigenvalue weighted by Crippen LogP contribution is -2.33. The van der Waals surface area contributed by atoms with E-state index in [1.165, 1.54) is 5.57 Å². The molecule has 3 atom stereocenters. The molecule has 72 valence electrons. The predicted octanol–water partition coefficient (Wildman–Crippen LogP) is 2.29. The second kappa shape index (κ2) is 2.60. The summed E-state index contributed by atoms with van der Waals surface area (Å²) in [5.74, 6) is 0.0281. The lowest BCUT2D eigenvalue weighted by Gasteiger charge is -2.33. The molecule has 0 spiro atoms. The Balaban J connectivity index is 2.35. The number of allylic oxidation sites excluding steroid dienone is 1. The van der Waals surface area contributed by atoms with Gasteiger partial charge in [0.25, 0.3) is 0 Å². The van der Waals surface area contributed by atoms with Crippen LogP contribution in [0.2, 0.25) is 0 Å². The van der Waals surface area contributed by atoms with Crippen molar-refractivity contribution in [2.24, 2.45) is 11.3 Å². The lowest BCUT2D eigenvalue weighted by molar-refractivity contribution is -0.142. The van der Waals surface area contributed by atoms with Crippen LogP contribution in [0.25, 0.3) is 0 Å². The van der Waals surface area contributed by atoms with Crippen LogP contribution in [0.1, 0.15) is 33.6 Å². The Bertz CT molecular complexity index is 280. The standard InChI is InChI=1S/C11H16O2/c1-7-4-5-11(3)8(2)10(12)13-9(11)6-7/h6,8-9H,4-5H2,1-3H3/t8-,9-,11-/m1/s1. The molecule has 0 saturated carbocycles. The van der Waals surface area contributed by atoms with Crippen molar-refractivity contribution in [3.8, 4) is 0 Å². The quantitative estimate of drug-likeness (QED) is 0.422. The lowest BCUT2D eigenvalue weighted by atomic mass is 9.69. The van der Waals surface area contributed by atoms with E-state index in [-0.39, 0.29) is 23.4 Å². The topological polar surface area (TPSA) is 26.3 Å². The second-order valence-electron chi connectivity index (χ2n) is 4.60. The van der Waals surface area contributed by atoms with Gasteiger partial charge in [0.15, 0.2) is 0 Å². The first-order chi connectivity index (χ1) is 6.04. The molecule has 0 amide bonds. The van der Waals surface area contributed by atoms with E-state index >= 15 is 0 Å². The van der Waals surface area contributed by atoms with Crippen LogP contribution >= 0.6 is 0 Å². The second-order valence-corrected chi connectivity index (χ2v) is 4.60. The molecule has 2 heteroatoms. The normalized spacial score (nSPS) is 43.9. The SMILES string of the molecule is CC1=C[C@H]2OC(=O)[C@@H](C)[C@@]2(C)CC1. The highest BCUT2D eigenvalue weighted by atomic mass is 16.6. The first-order valence-electron chi connectivity index (χ1n) is 4.92. The fraction of sp³-hybridized carbons (Fsp3) is 0.727. The monoisotopic (exact) mass is 180 g/mol. The minimum absolute atomic E-state index is 0.0292. The van der Waals surface area contributed by atoms with E-state index in [9.17, 15) is 4.79 Å². The molecular formula is C11H16O2. The maximum absolute atomic E-state index is 11.4. The molecule has 1 aliphatic carbocycles. The van der Waals surface area contributed by atoms with E-state index in [1.807, 2.05) is 6.92 Å². The third-order valence-corrected chi connectivity index (χ3v) is 3.73. The molecular weight excluding hydrogens is 164 g/mol. The zero-order valence-corrected chi connectivity index (χ0v) is 8.46. The van der Waals surface area contributed by atoms with Gasteiger partial charge in [-0.3, -0.25) is 4.79 Å². The van der Waals surface area contributed by atoms with Gasteiger partial charge in [-0.25, -0.2) is 0 Å². The van der Waals surface area contributed by atoms with Crippen LogP contribution in [-0.4, -0.2) is 12.1 Å². The molecule has 0 aromatic rings. The summed E-state index contributed by atoms with van der Waals surface area (Å²) in [5, 5.41) is 0. The Morgan fingerprint density at radius 1 is 1.62 bits per heavy atom. The van der Waals surface area contributed by atoms with E-state index in [2.05, 4.69) is 19.9 Å². The van der Waals surface area contributed by atoms with Gasteiger partial charge in [-0.05, 0) is 25.8 Å². The van der Waals surface area contributed by atoms with Gasteiger partial charge in [-0.2, -0.15) is 0 Å². The average Bonchev–Trinajstić information content (AvgIpc) is 2.29. The van der Waals surface area contributed by atoms with Crippen LogP contribution in [0.5, 0.6) is 0 Å². The van der Waals surface area contributed by atoms with E-state index in [0.29, 0.717) is 0 Å². The van der Waals surface area contributed by atoms with Crippen LogP contribution in [0.15, 0.2) is 11.6 Å². The molecule has 2 rings (SSSR count). The summed E-state index contributed by atoms with van der Waals surface area (Å²) in [4.78, 5) is 11.4. The summed E-state index contributed by atoms with van der Waals surface area (Å²) < 4.78 is 5.34. The molecule has 0 bridgehead atoms. The van der Waals surface area contributed by atoms with Crippen LogP contribution in [0.3, 0.4) is 0 Å². The maximum atomic E-state index is 11.4. The highest BCUT2D eigenvalue weighted by Crippen LogP contribution is 2.47. The number of carbonyl (C=O) groups is 1. The molecule has 0 aromatic carbocycles. The van der Waals surface area contributed by atoms with Gasteiger partial charge in [-0.15, -0.1) is 0 Å². The molecule has 1 saturated heterocycles. The van der Waals surface area contributed by atoms with Crippen molar-refractivity contribution in [2.75, 3.05) is 0 Å². The van der Waals surface area contributed by atoms with Crippen LogP contribution in [-0.2, 0) is 9.53 Å². The Labute approximate surface area is 79.0 Å². The largest absolute Gasteiger partial charge is 0.457 e.